The molecule has 0 aliphatic carbocycles. The zero-order valence-corrected chi connectivity index (χ0v) is 10.2. The quantitative estimate of drug-likeness (QED) is 0.641. The summed E-state index contributed by atoms with van der Waals surface area (Å²) >= 11 is 0. The summed E-state index contributed by atoms with van der Waals surface area (Å²) in [6.45, 7) is 1.83. The highest BCUT2D eigenvalue weighted by atomic mass is 16.6. The fraction of sp³-hybridized carbons (Fsp3) is 0.154. The van der Waals surface area contributed by atoms with Gasteiger partial charge in [0.1, 0.15) is 0 Å². The van der Waals surface area contributed by atoms with Crippen LogP contribution in [0.4, 0.5) is 5.69 Å². The van der Waals surface area contributed by atoms with Gasteiger partial charge in [0.2, 0.25) is 0 Å². The molecule has 1 unspecified atom stereocenters. The Kier molecular flexibility index (Phi) is 3.33. The number of nitro groups is 1. The first kappa shape index (κ1) is 12.8. The van der Waals surface area contributed by atoms with Gasteiger partial charge in [0.05, 0.1) is 10.5 Å². The van der Waals surface area contributed by atoms with Gasteiger partial charge in [0.25, 0.3) is 5.69 Å². The molecule has 1 aromatic rings. The summed E-state index contributed by atoms with van der Waals surface area (Å²) in [4.78, 5) is 21.3. The molecule has 0 spiro atoms. The summed E-state index contributed by atoms with van der Waals surface area (Å²) in [6, 6.07) is 5.91. The first-order chi connectivity index (χ1) is 8.99. The van der Waals surface area contributed by atoms with Gasteiger partial charge in [-0.3, -0.25) is 10.1 Å². The van der Waals surface area contributed by atoms with Crippen LogP contribution >= 0.6 is 0 Å². The van der Waals surface area contributed by atoms with E-state index in [1.807, 2.05) is 6.92 Å². The predicted octanol–water partition coefficient (Wildman–Crippen LogP) is 2.15. The predicted molar refractivity (Wildman–Crippen MR) is 68.4 cm³/mol. The molecular weight excluding hydrogens is 248 g/mol. The number of carboxylic acids is 1. The van der Waals surface area contributed by atoms with Crippen molar-refractivity contribution in [3.8, 4) is 0 Å². The Labute approximate surface area is 109 Å². The maximum Gasteiger partial charge on any atom is 0.334 e. The van der Waals surface area contributed by atoms with Crippen molar-refractivity contribution in [2.75, 3.05) is 0 Å². The molecule has 0 radical (unpaired) electrons. The number of nitrogens with zero attached hydrogens (tertiary/aromatic N) is 1. The molecule has 1 heterocycles. The minimum Gasteiger partial charge on any atom is -0.478 e. The number of aliphatic carboxylic acids is 1. The lowest BCUT2D eigenvalue weighted by molar-refractivity contribution is -0.384. The molecule has 1 aliphatic rings. The number of nitrogens with one attached hydrogen (secondary N) is 1. The molecule has 98 valence electrons. The molecule has 0 saturated carbocycles. The Hall–Kier alpha value is -2.63. The molecule has 2 N–H and O–H groups in total. The van der Waals surface area contributed by atoms with Gasteiger partial charge < -0.3 is 10.4 Å². The van der Waals surface area contributed by atoms with Crippen molar-refractivity contribution >= 4 is 11.7 Å². The van der Waals surface area contributed by atoms with E-state index in [1.165, 1.54) is 18.3 Å². The topological polar surface area (TPSA) is 92.5 Å². The third-order valence-electron chi connectivity index (χ3n) is 2.92. The second kappa shape index (κ2) is 4.93. The second-order valence-electron chi connectivity index (χ2n) is 4.23. The van der Waals surface area contributed by atoms with E-state index in [2.05, 4.69) is 5.32 Å². The van der Waals surface area contributed by atoms with Crippen molar-refractivity contribution in [2.24, 2.45) is 0 Å². The fourth-order valence-corrected chi connectivity index (χ4v) is 1.94. The van der Waals surface area contributed by atoms with Crippen LogP contribution in [0.2, 0.25) is 0 Å². The summed E-state index contributed by atoms with van der Waals surface area (Å²) in [6.07, 6.45) is 3.23. The summed E-state index contributed by atoms with van der Waals surface area (Å²) < 4.78 is 0. The maximum atomic E-state index is 11.2. The van der Waals surface area contributed by atoms with Gasteiger partial charge in [0, 0.05) is 29.9 Å². The van der Waals surface area contributed by atoms with E-state index in [9.17, 15) is 14.9 Å². The van der Waals surface area contributed by atoms with Crippen LogP contribution in [0.3, 0.4) is 0 Å². The molecule has 6 heteroatoms. The summed E-state index contributed by atoms with van der Waals surface area (Å²) in [5, 5.41) is 22.6. The molecule has 0 amide bonds. The van der Waals surface area contributed by atoms with Crippen LogP contribution in [0.1, 0.15) is 18.4 Å². The zero-order chi connectivity index (χ0) is 14.0. The third-order valence-corrected chi connectivity index (χ3v) is 2.92. The van der Waals surface area contributed by atoms with Crippen LogP contribution in [-0.2, 0) is 4.79 Å². The van der Waals surface area contributed by atoms with Crippen molar-refractivity contribution in [2.45, 2.75) is 12.8 Å². The van der Waals surface area contributed by atoms with E-state index in [4.69, 9.17) is 5.11 Å². The number of carboxylic acid groups (broad SMARTS) is 1. The Balaban J connectivity index is 2.37. The van der Waals surface area contributed by atoms with Crippen LogP contribution in [0.25, 0.3) is 0 Å². The average Bonchev–Trinajstić information content (AvgIpc) is 2.38. The summed E-state index contributed by atoms with van der Waals surface area (Å²) in [5.74, 6) is -1.42. The Morgan fingerprint density at radius 3 is 2.53 bits per heavy atom. The van der Waals surface area contributed by atoms with Crippen LogP contribution in [0.5, 0.6) is 0 Å². The molecule has 0 bridgehead atoms. The highest BCUT2D eigenvalue weighted by Crippen LogP contribution is 2.30. The van der Waals surface area contributed by atoms with Gasteiger partial charge in [-0.05, 0) is 12.5 Å². The highest BCUT2D eigenvalue weighted by molar-refractivity contribution is 5.89. The normalized spacial score (nSPS) is 18.1. The minimum atomic E-state index is -1.01. The molecule has 0 saturated heterocycles. The van der Waals surface area contributed by atoms with Gasteiger partial charge in [-0.1, -0.05) is 18.2 Å². The molecule has 0 aromatic heterocycles. The first-order valence-electron chi connectivity index (χ1n) is 5.61. The zero-order valence-electron chi connectivity index (χ0n) is 10.2. The Morgan fingerprint density at radius 1 is 1.37 bits per heavy atom. The number of nitro benzene ring substituents is 1. The molecule has 2 rings (SSSR count). The number of hydrogen-bond acceptors (Lipinski definition) is 4. The number of dihydropyridines is 1. The lowest BCUT2D eigenvalue weighted by Crippen LogP contribution is -2.19. The standard InChI is InChI=1S/C13H12N2O4/c1-8-6-11(12(7-14-8)13(16)17)9-2-4-10(5-3-9)15(18)19/h2-7,11,14H,1H3,(H,16,17). The van der Waals surface area contributed by atoms with Crippen LogP contribution in [0, 0.1) is 10.1 Å². The van der Waals surface area contributed by atoms with Crippen molar-refractivity contribution in [1.82, 2.24) is 5.32 Å². The molecule has 0 fully saturated rings. The van der Waals surface area contributed by atoms with Crippen molar-refractivity contribution in [3.05, 3.63) is 63.5 Å². The smallest absolute Gasteiger partial charge is 0.334 e. The van der Waals surface area contributed by atoms with Gasteiger partial charge in [-0.2, -0.15) is 0 Å². The van der Waals surface area contributed by atoms with E-state index in [0.29, 0.717) is 5.56 Å². The fourth-order valence-electron chi connectivity index (χ4n) is 1.94. The lowest BCUT2D eigenvalue weighted by Gasteiger charge is -2.20. The molecule has 1 aliphatic heterocycles. The molecular formula is C13H12N2O4. The number of hydrogen-bond donors (Lipinski definition) is 2. The number of carbonyl (C=O) groups is 1. The van der Waals surface area contributed by atoms with Gasteiger partial charge in [-0.25, -0.2) is 4.79 Å². The van der Waals surface area contributed by atoms with Gasteiger partial charge in [0.15, 0.2) is 0 Å². The number of non-ortho nitro benzene ring substituents is 1. The van der Waals surface area contributed by atoms with E-state index in [0.717, 1.165) is 5.70 Å². The Morgan fingerprint density at radius 2 is 2.00 bits per heavy atom. The third kappa shape index (κ3) is 2.62. The van der Waals surface area contributed by atoms with E-state index in [-0.39, 0.29) is 11.3 Å². The van der Waals surface area contributed by atoms with Crippen molar-refractivity contribution in [1.29, 1.82) is 0 Å². The van der Waals surface area contributed by atoms with E-state index in [1.54, 1.807) is 18.2 Å². The summed E-state index contributed by atoms with van der Waals surface area (Å²) in [7, 11) is 0. The highest BCUT2D eigenvalue weighted by Gasteiger charge is 2.23. The van der Waals surface area contributed by atoms with E-state index < -0.39 is 16.8 Å². The van der Waals surface area contributed by atoms with E-state index >= 15 is 0 Å². The molecule has 19 heavy (non-hydrogen) atoms. The SMILES string of the molecule is CC1=CC(c2ccc([N+](=O)[O-])cc2)C(C(=O)O)=CN1. The lowest BCUT2D eigenvalue weighted by atomic mass is 9.89. The Bertz CT molecular complexity index is 587. The van der Waals surface area contributed by atoms with Crippen molar-refractivity contribution in [3.63, 3.8) is 0 Å². The van der Waals surface area contributed by atoms with Gasteiger partial charge >= 0.3 is 5.97 Å². The first-order valence-corrected chi connectivity index (χ1v) is 5.61. The number of rotatable bonds is 3. The molecule has 6 nitrogen and oxygen atoms in total. The average molecular weight is 260 g/mol. The van der Waals surface area contributed by atoms with Crippen molar-refractivity contribution < 1.29 is 14.8 Å². The maximum absolute atomic E-state index is 11.2. The minimum absolute atomic E-state index is 0.0146. The largest absolute Gasteiger partial charge is 0.478 e. The van der Waals surface area contributed by atoms with Crippen LogP contribution in [-0.4, -0.2) is 16.0 Å². The molecule has 1 atom stereocenters. The molecule has 1 aromatic carbocycles. The monoisotopic (exact) mass is 260 g/mol. The second-order valence-corrected chi connectivity index (χ2v) is 4.23. The van der Waals surface area contributed by atoms with Gasteiger partial charge in [-0.15, -0.1) is 0 Å². The van der Waals surface area contributed by atoms with Crippen LogP contribution in [0.15, 0.2) is 47.8 Å². The number of benzene rings is 1. The number of allylic oxidation sites excluding steroid dienone is 2. The summed E-state index contributed by atoms with van der Waals surface area (Å²) in [5.41, 5.74) is 1.74. The van der Waals surface area contributed by atoms with Crippen LogP contribution < -0.4 is 5.32 Å².